The van der Waals surface area contributed by atoms with E-state index in [2.05, 4.69) is 21.9 Å². The monoisotopic (exact) mass is 295 g/mol. The van der Waals surface area contributed by atoms with Crippen LogP contribution in [0.1, 0.15) is 46.5 Å². The second-order valence-corrected chi connectivity index (χ2v) is 4.98. The predicted octanol–water partition coefficient (Wildman–Crippen LogP) is 1.55. The van der Waals surface area contributed by atoms with Crippen LogP contribution in [0.5, 0.6) is 0 Å². The molecule has 0 aliphatic rings. The molecule has 1 unspecified atom stereocenters. The van der Waals surface area contributed by atoms with Gasteiger partial charge in [0.25, 0.3) is 0 Å². The molecule has 0 heterocycles. The normalized spacial score (nSPS) is 14.7. The summed E-state index contributed by atoms with van der Waals surface area (Å²) < 4.78 is 4.60. The summed E-state index contributed by atoms with van der Waals surface area (Å²) in [7, 11) is 1.25. The van der Waals surface area contributed by atoms with Crippen molar-refractivity contribution in [2.45, 2.75) is 58.1 Å². The van der Waals surface area contributed by atoms with Gasteiger partial charge in [-0.15, -0.1) is 11.8 Å². The van der Waals surface area contributed by atoms with E-state index < -0.39 is 17.6 Å². The minimum Gasteiger partial charge on any atom is -0.467 e. The van der Waals surface area contributed by atoms with Crippen molar-refractivity contribution < 1.29 is 19.4 Å². The first-order chi connectivity index (χ1) is 9.82. The molecule has 0 saturated carbocycles. The summed E-state index contributed by atoms with van der Waals surface area (Å²) in [5.41, 5.74) is -1.06. The molecule has 5 nitrogen and oxygen atoms in total. The van der Waals surface area contributed by atoms with E-state index in [1.807, 2.05) is 6.92 Å². The highest BCUT2D eigenvalue weighted by Crippen LogP contribution is 2.15. The number of nitrogens with one attached hydrogen (secondary N) is 1. The lowest BCUT2D eigenvalue weighted by molar-refractivity contribution is -0.143. The molecule has 0 aliphatic carbocycles. The topological polar surface area (TPSA) is 75.6 Å². The fourth-order valence-electron chi connectivity index (χ4n) is 1.67. The maximum Gasteiger partial charge on any atom is 0.332 e. The average Bonchev–Trinajstić information content (AvgIpc) is 2.42. The number of carbonyl (C=O) groups excluding carboxylic acids is 2. The summed E-state index contributed by atoms with van der Waals surface area (Å²) in [5, 5.41) is 12.7. The highest BCUT2D eigenvalue weighted by atomic mass is 16.5. The van der Waals surface area contributed by atoms with Gasteiger partial charge in [0.1, 0.15) is 6.04 Å². The highest BCUT2D eigenvalue weighted by molar-refractivity contribution is 5.84. The number of ether oxygens (including phenoxy) is 1. The minimum absolute atomic E-state index is 0.343. The summed E-state index contributed by atoms with van der Waals surface area (Å²) in [6.45, 7) is 4.95. The molecule has 2 atom stereocenters. The summed E-state index contributed by atoms with van der Waals surface area (Å²) in [6.07, 6.45) is 5.80. The third-order valence-corrected chi connectivity index (χ3v) is 2.75. The Kier molecular flexibility index (Phi) is 9.15. The van der Waals surface area contributed by atoms with Crippen LogP contribution in [0.4, 0.5) is 0 Å². The van der Waals surface area contributed by atoms with E-state index in [-0.39, 0.29) is 5.91 Å². The van der Waals surface area contributed by atoms with Crippen LogP contribution in [0.2, 0.25) is 0 Å². The number of esters is 1. The molecule has 118 valence electrons. The standard InChI is InChI=1S/C16H25NO4/c1-5-6-7-8-9-11-16(3,20)12-10-14(15(19)21-4)17-13(2)18/h10,12,14,20H,5,8-9,11H2,1-4H3,(H,17,18)/b12-10+/t14-,16?/m0/s1. The van der Waals surface area contributed by atoms with Crippen LogP contribution in [0.15, 0.2) is 12.2 Å². The molecule has 0 fully saturated rings. The molecule has 5 heteroatoms. The summed E-state index contributed by atoms with van der Waals surface area (Å²) in [6, 6.07) is -0.890. The van der Waals surface area contributed by atoms with Crippen LogP contribution in [0.3, 0.4) is 0 Å². The molecule has 0 aromatic heterocycles. The quantitative estimate of drug-likeness (QED) is 0.323. The fraction of sp³-hybridized carbons (Fsp3) is 0.625. The van der Waals surface area contributed by atoms with E-state index in [0.717, 1.165) is 19.3 Å². The second kappa shape index (κ2) is 10.0. The van der Waals surface area contributed by atoms with Gasteiger partial charge >= 0.3 is 5.97 Å². The minimum atomic E-state index is -1.06. The van der Waals surface area contributed by atoms with E-state index in [4.69, 9.17) is 0 Å². The molecule has 0 aromatic carbocycles. The number of aliphatic hydroxyl groups is 1. The maximum atomic E-state index is 11.5. The molecular formula is C16H25NO4. The molecule has 0 aromatic rings. The zero-order valence-corrected chi connectivity index (χ0v) is 13.2. The van der Waals surface area contributed by atoms with E-state index in [9.17, 15) is 14.7 Å². The highest BCUT2D eigenvalue weighted by Gasteiger charge is 2.20. The molecule has 0 rings (SSSR count). The van der Waals surface area contributed by atoms with Gasteiger partial charge in [-0.2, -0.15) is 0 Å². The van der Waals surface area contributed by atoms with Crippen molar-refractivity contribution in [3.63, 3.8) is 0 Å². The molecule has 1 amide bonds. The van der Waals surface area contributed by atoms with Gasteiger partial charge in [-0.05, 0) is 19.8 Å². The van der Waals surface area contributed by atoms with Crippen LogP contribution in [-0.2, 0) is 14.3 Å². The zero-order valence-electron chi connectivity index (χ0n) is 13.2. The van der Waals surface area contributed by atoms with Crippen LogP contribution < -0.4 is 5.32 Å². The van der Waals surface area contributed by atoms with Crippen LogP contribution >= 0.6 is 0 Å². The van der Waals surface area contributed by atoms with Gasteiger partial charge in [-0.3, -0.25) is 4.79 Å². The molecule has 0 aliphatic heterocycles. The molecule has 21 heavy (non-hydrogen) atoms. The van der Waals surface area contributed by atoms with Crippen molar-refractivity contribution in [2.24, 2.45) is 0 Å². The molecule has 0 saturated heterocycles. The molecular weight excluding hydrogens is 270 g/mol. The summed E-state index contributed by atoms with van der Waals surface area (Å²) in [5.74, 6) is 5.06. The Bertz CT molecular complexity index is 429. The van der Waals surface area contributed by atoms with Gasteiger partial charge in [-0.25, -0.2) is 4.79 Å². The van der Waals surface area contributed by atoms with Gasteiger partial charge in [0, 0.05) is 19.8 Å². The van der Waals surface area contributed by atoms with Gasteiger partial charge in [-0.1, -0.05) is 19.1 Å². The van der Waals surface area contributed by atoms with Crippen LogP contribution in [0, 0.1) is 11.8 Å². The maximum absolute atomic E-state index is 11.5. The third kappa shape index (κ3) is 9.69. The first-order valence-corrected chi connectivity index (χ1v) is 7.04. The number of carbonyl (C=O) groups is 2. The average molecular weight is 295 g/mol. The van der Waals surface area contributed by atoms with Crippen molar-refractivity contribution in [3.05, 3.63) is 12.2 Å². The summed E-state index contributed by atoms with van der Waals surface area (Å²) >= 11 is 0. The number of hydrogen-bond donors (Lipinski definition) is 2. The SMILES string of the molecule is CCC#CCCCC(C)(O)/C=C/[C@H](NC(C)=O)C(=O)OC. The Balaban J connectivity index is 4.54. The van der Waals surface area contributed by atoms with Crippen LogP contribution in [-0.4, -0.2) is 35.7 Å². The molecule has 0 bridgehead atoms. The van der Waals surface area contributed by atoms with Gasteiger partial charge < -0.3 is 15.2 Å². The second-order valence-electron chi connectivity index (χ2n) is 4.98. The van der Waals surface area contributed by atoms with Crippen molar-refractivity contribution >= 4 is 11.9 Å². The van der Waals surface area contributed by atoms with E-state index >= 15 is 0 Å². The molecule has 0 radical (unpaired) electrons. The number of amides is 1. The van der Waals surface area contributed by atoms with Crippen molar-refractivity contribution in [3.8, 4) is 11.8 Å². The van der Waals surface area contributed by atoms with Crippen molar-refractivity contribution in [2.75, 3.05) is 7.11 Å². The smallest absolute Gasteiger partial charge is 0.332 e. The fourth-order valence-corrected chi connectivity index (χ4v) is 1.67. The summed E-state index contributed by atoms with van der Waals surface area (Å²) in [4.78, 5) is 22.5. The zero-order chi connectivity index (χ0) is 16.3. The van der Waals surface area contributed by atoms with E-state index in [0.29, 0.717) is 6.42 Å². The van der Waals surface area contributed by atoms with Crippen molar-refractivity contribution in [1.82, 2.24) is 5.32 Å². The van der Waals surface area contributed by atoms with E-state index in [1.165, 1.54) is 26.2 Å². The van der Waals surface area contributed by atoms with Gasteiger partial charge in [0.2, 0.25) is 5.91 Å². The Hall–Kier alpha value is -1.80. The largest absolute Gasteiger partial charge is 0.467 e. The predicted molar refractivity (Wildman–Crippen MR) is 81.3 cm³/mol. The lowest BCUT2D eigenvalue weighted by Gasteiger charge is -2.19. The third-order valence-electron chi connectivity index (χ3n) is 2.75. The lowest BCUT2D eigenvalue weighted by atomic mass is 9.97. The molecule has 2 N–H and O–H groups in total. The Labute approximate surface area is 126 Å². The lowest BCUT2D eigenvalue weighted by Crippen LogP contribution is -2.39. The Morgan fingerprint density at radius 1 is 1.43 bits per heavy atom. The van der Waals surface area contributed by atoms with Gasteiger partial charge in [0.15, 0.2) is 0 Å². The first-order valence-electron chi connectivity index (χ1n) is 7.04. The number of hydrogen-bond acceptors (Lipinski definition) is 4. The Morgan fingerprint density at radius 2 is 2.10 bits per heavy atom. The van der Waals surface area contributed by atoms with E-state index in [1.54, 1.807) is 6.92 Å². The van der Waals surface area contributed by atoms with Crippen LogP contribution in [0.25, 0.3) is 0 Å². The Morgan fingerprint density at radius 3 is 2.62 bits per heavy atom. The number of rotatable bonds is 7. The van der Waals surface area contributed by atoms with Crippen molar-refractivity contribution in [1.29, 1.82) is 0 Å². The molecule has 0 spiro atoms. The number of methoxy groups -OCH3 is 1. The van der Waals surface area contributed by atoms with Gasteiger partial charge in [0.05, 0.1) is 12.7 Å². The number of unbranched alkanes of at least 4 members (excludes halogenated alkanes) is 1. The first kappa shape index (κ1) is 19.2.